The van der Waals surface area contributed by atoms with Gasteiger partial charge in [0.25, 0.3) is 5.56 Å². The van der Waals surface area contributed by atoms with Crippen LogP contribution in [0.1, 0.15) is 25.5 Å². The molecule has 1 unspecified atom stereocenters. The molecule has 2 aromatic rings. The summed E-state index contributed by atoms with van der Waals surface area (Å²) in [6, 6.07) is 1.88. The lowest BCUT2D eigenvalue weighted by Gasteiger charge is -2.28. The minimum Gasteiger partial charge on any atom is -0.338 e. The van der Waals surface area contributed by atoms with E-state index in [-0.39, 0.29) is 11.5 Å². The predicted molar refractivity (Wildman–Crippen MR) is 98.8 cm³/mol. The van der Waals surface area contributed by atoms with E-state index in [1.165, 1.54) is 23.1 Å². The van der Waals surface area contributed by atoms with Crippen LogP contribution in [0.3, 0.4) is 0 Å². The molecule has 1 amide bonds. The lowest BCUT2D eigenvalue weighted by molar-refractivity contribution is -0.130. The van der Waals surface area contributed by atoms with E-state index in [4.69, 9.17) is 0 Å². The van der Waals surface area contributed by atoms with Crippen LogP contribution >= 0.6 is 23.1 Å². The van der Waals surface area contributed by atoms with E-state index in [2.05, 4.69) is 17.2 Å². The van der Waals surface area contributed by atoms with Gasteiger partial charge >= 0.3 is 0 Å². The minimum absolute atomic E-state index is 0.0622. The van der Waals surface area contributed by atoms with Gasteiger partial charge in [-0.1, -0.05) is 6.92 Å². The largest absolute Gasteiger partial charge is 0.338 e. The predicted octanol–water partition coefficient (Wildman–Crippen LogP) is 1.59. The summed E-state index contributed by atoms with van der Waals surface area (Å²) in [5.74, 6) is 1.20. The third-order valence-corrected chi connectivity index (χ3v) is 5.80. The Morgan fingerprint density at radius 2 is 2.46 bits per heavy atom. The first kappa shape index (κ1) is 17.4. The summed E-state index contributed by atoms with van der Waals surface area (Å²) in [5, 5.41) is 5.17. The van der Waals surface area contributed by atoms with Crippen LogP contribution in [-0.4, -0.2) is 51.6 Å². The highest BCUT2D eigenvalue weighted by molar-refractivity contribution is 7.99. The van der Waals surface area contributed by atoms with Crippen LogP contribution < -0.4 is 10.9 Å². The van der Waals surface area contributed by atoms with E-state index in [1.807, 2.05) is 10.3 Å². The van der Waals surface area contributed by atoms with Gasteiger partial charge in [-0.25, -0.2) is 4.98 Å². The second kappa shape index (κ2) is 8.13. The number of amides is 1. The molecule has 24 heavy (non-hydrogen) atoms. The maximum atomic E-state index is 12.5. The summed E-state index contributed by atoms with van der Waals surface area (Å²) in [4.78, 5) is 31.7. The van der Waals surface area contributed by atoms with E-state index in [1.54, 1.807) is 16.7 Å². The third-order valence-electron chi connectivity index (χ3n) is 4.09. The number of hydrogen-bond acceptors (Lipinski definition) is 6. The first-order valence-corrected chi connectivity index (χ1v) is 10.3. The van der Waals surface area contributed by atoms with Gasteiger partial charge in [0.15, 0.2) is 4.96 Å². The summed E-state index contributed by atoms with van der Waals surface area (Å²) in [6.07, 6.45) is 3.73. The molecule has 0 bridgehead atoms. The van der Waals surface area contributed by atoms with Crippen LogP contribution in [0.4, 0.5) is 0 Å². The van der Waals surface area contributed by atoms with Gasteiger partial charge in [0, 0.05) is 42.5 Å². The molecular formula is C16H22N4O2S2. The molecular weight excluding hydrogens is 344 g/mol. The Kier molecular flexibility index (Phi) is 5.91. The number of thioether (sulfide) groups is 1. The van der Waals surface area contributed by atoms with Crippen molar-refractivity contribution in [2.75, 3.05) is 25.4 Å². The zero-order valence-electron chi connectivity index (χ0n) is 13.7. The average Bonchev–Trinajstić information content (AvgIpc) is 3.24. The van der Waals surface area contributed by atoms with Crippen molar-refractivity contribution in [3.8, 4) is 0 Å². The number of nitrogens with one attached hydrogen (secondary N) is 1. The summed E-state index contributed by atoms with van der Waals surface area (Å²) < 4.78 is 1.54. The molecule has 0 saturated carbocycles. The minimum atomic E-state index is -0.0622. The van der Waals surface area contributed by atoms with Crippen molar-refractivity contribution in [3.63, 3.8) is 0 Å². The number of carbonyl (C=O) groups excluding carboxylic acids is 1. The number of nitrogens with zero attached hydrogens (tertiary/aromatic N) is 3. The van der Waals surface area contributed by atoms with Gasteiger partial charge in [0.2, 0.25) is 5.91 Å². The van der Waals surface area contributed by atoms with Crippen molar-refractivity contribution < 1.29 is 4.79 Å². The van der Waals surface area contributed by atoms with Gasteiger partial charge in [-0.2, -0.15) is 0 Å². The van der Waals surface area contributed by atoms with Crippen molar-refractivity contribution in [2.45, 2.75) is 31.6 Å². The van der Waals surface area contributed by atoms with E-state index >= 15 is 0 Å². The average molecular weight is 367 g/mol. The number of thiazole rings is 1. The van der Waals surface area contributed by atoms with Crippen molar-refractivity contribution >= 4 is 34.0 Å². The Hall–Kier alpha value is -1.38. The van der Waals surface area contributed by atoms with E-state index in [0.717, 1.165) is 38.2 Å². The normalized spacial score (nSPS) is 17.5. The molecule has 8 heteroatoms. The SMILES string of the molecule is CCCN(C(=O)CSCc1cc(=O)n2ccsc2n1)C1CCNC1. The van der Waals surface area contributed by atoms with Gasteiger partial charge in [-0.3, -0.25) is 14.0 Å². The molecule has 2 aromatic heterocycles. The molecule has 130 valence electrons. The molecule has 6 nitrogen and oxygen atoms in total. The van der Waals surface area contributed by atoms with Crippen LogP contribution in [0.15, 0.2) is 22.4 Å². The molecule has 0 aliphatic carbocycles. The first-order valence-electron chi connectivity index (χ1n) is 8.22. The molecule has 3 rings (SSSR count). The molecule has 1 aliphatic rings. The number of fused-ring (bicyclic) bond motifs is 1. The fourth-order valence-corrected chi connectivity index (χ4v) is 4.48. The molecule has 0 radical (unpaired) electrons. The number of rotatable bonds is 7. The van der Waals surface area contributed by atoms with Crippen LogP contribution in [0.5, 0.6) is 0 Å². The van der Waals surface area contributed by atoms with Crippen molar-refractivity contribution in [1.29, 1.82) is 0 Å². The van der Waals surface area contributed by atoms with Crippen LogP contribution in [-0.2, 0) is 10.5 Å². The highest BCUT2D eigenvalue weighted by Gasteiger charge is 2.25. The van der Waals surface area contributed by atoms with Gasteiger partial charge < -0.3 is 10.2 Å². The van der Waals surface area contributed by atoms with E-state index < -0.39 is 0 Å². The highest BCUT2D eigenvalue weighted by atomic mass is 32.2. The highest BCUT2D eigenvalue weighted by Crippen LogP contribution is 2.16. The molecule has 0 aromatic carbocycles. The summed E-state index contributed by atoms with van der Waals surface area (Å²) in [5.41, 5.74) is 0.678. The number of hydrogen-bond donors (Lipinski definition) is 1. The van der Waals surface area contributed by atoms with Crippen molar-refractivity contribution in [2.24, 2.45) is 0 Å². The quantitative estimate of drug-likeness (QED) is 0.806. The first-order chi connectivity index (χ1) is 11.7. The summed E-state index contributed by atoms with van der Waals surface area (Å²) in [6.45, 7) is 4.79. The van der Waals surface area contributed by atoms with E-state index in [9.17, 15) is 9.59 Å². The molecule has 1 N–H and O–H groups in total. The Balaban J connectivity index is 1.57. The topological polar surface area (TPSA) is 66.7 Å². The molecule has 1 atom stereocenters. The lowest BCUT2D eigenvalue weighted by Crippen LogP contribution is -2.43. The fourth-order valence-electron chi connectivity index (χ4n) is 2.94. The smallest absolute Gasteiger partial charge is 0.258 e. The maximum Gasteiger partial charge on any atom is 0.258 e. The second-order valence-electron chi connectivity index (χ2n) is 5.87. The molecule has 0 spiro atoms. The number of carbonyl (C=O) groups is 1. The maximum absolute atomic E-state index is 12.5. The van der Waals surface area contributed by atoms with Gasteiger partial charge in [-0.15, -0.1) is 23.1 Å². The Morgan fingerprint density at radius 1 is 1.58 bits per heavy atom. The van der Waals surface area contributed by atoms with Gasteiger partial charge in [0.05, 0.1) is 11.4 Å². The zero-order chi connectivity index (χ0) is 16.9. The van der Waals surface area contributed by atoms with Gasteiger partial charge in [0.1, 0.15) is 0 Å². The second-order valence-corrected chi connectivity index (χ2v) is 7.73. The van der Waals surface area contributed by atoms with Crippen LogP contribution in [0.2, 0.25) is 0 Å². The van der Waals surface area contributed by atoms with Crippen molar-refractivity contribution in [3.05, 3.63) is 33.7 Å². The Bertz CT molecular complexity index is 752. The zero-order valence-corrected chi connectivity index (χ0v) is 15.4. The Labute approximate surface area is 149 Å². The molecule has 1 fully saturated rings. The van der Waals surface area contributed by atoms with E-state index in [0.29, 0.717) is 22.5 Å². The molecule has 1 saturated heterocycles. The third kappa shape index (κ3) is 3.99. The van der Waals surface area contributed by atoms with Gasteiger partial charge in [-0.05, 0) is 19.4 Å². The standard InChI is InChI=1S/C16H22N4O2S2/c1-2-5-19(13-3-4-17-9-13)15(22)11-23-10-12-8-14(21)20-6-7-24-16(20)18-12/h6-8,13,17H,2-5,9-11H2,1H3. The molecule has 1 aliphatic heterocycles. The van der Waals surface area contributed by atoms with Crippen LogP contribution in [0.25, 0.3) is 4.96 Å². The van der Waals surface area contributed by atoms with Crippen LogP contribution in [0, 0.1) is 0 Å². The Morgan fingerprint density at radius 3 is 3.21 bits per heavy atom. The van der Waals surface area contributed by atoms with Crippen molar-refractivity contribution in [1.82, 2.24) is 19.6 Å². The lowest BCUT2D eigenvalue weighted by atomic mass is 10.2. The summed E-state index contributed by atoms with van der Waals surface area (Å²) in [7, 11) is 0. The number of aromatic nitrogens is 2. The monoisotopic (exact) mass is 366 g/mol. The molecule has 3 heterocycles. The fraction of sp³-hybridized carbons (Fsp3) is 0.562. The summed E-state index contributed by atoms with van der Waals surface area (Å²) >= 11 is 2.97.